The van der Waals surface area contributed by atoms with Crippen molar-refractivity contribution in [2.24, 2.45) is 28.5 Å². The molecular formula is C17H29N3O. The molecule has 0 aromatic heterocycles. The SMILES string of the molecule is CC1CC=C(/C(CCN)=N\N)C=C1OCC1CCCCC1. The Morgan fingerprint density at radius 1 is 1.33 bits per heavy atom. The summed E-state index contributed by atoms with van der Waals surface area (Å²) in [5, 5.41) is 3.88. The van der Waals surface area contributed by atoms with Gasteiger partial charge in [-0.05, 0) is 43.4 Å². The number of allylic oxidation sites excluding steroid dienone is 4. The normalized spacial score (nSPS) is 24.5. The quantitative estimate of drug-likeness (QED) is 0.448. The maximum Gasteiger partial charge on any atom is 0.0997 e. The van der Waals surface area contributed by atoms with Crippen LogP contribution in [0.5, 0.6) is 0 Å². The lowest BCUT2D eigenvalue weighted by Gasteiger charge is -2.26. The maximum atomic E-state index is 6.13. The van der Waals surface area contributed by atoms with E-state index in [2.05, 4.69) is 24.2 Å². The molecule has 0 spiro atoms. The second-order valence-corrected chi connectivity index (χ2v) is 6.27. The summed E-state index contributed by atoms with van der Waals surface area (Å²) in [5.74, 6) is 7.73. The molecule has 0 heterocycles. The number of nitrogens with two attached hydrogens (primary N) is 2. The van der Waals surface area contributed by atoms with Crippen LogP contribution in [-0.4, -0.2) is 18.9 Å². The van der Waals surface area contributed by atoms with Gasteiger partial charge in [-0.1, -0.05) is 32.3 Å². The third-order valence-corrected chi connectivity index (χ3v) is 4.56. The fourth-order valence-electron chi connectivity index (χ4n) is 3.15. The highest BCUT2D eigenvalue weighted by molar-refractivity contribution is 6.02. The second kappa shape index (κ2) is 8.23. The number of nitrogens with zero attached hydrogens (tertiary/aromatic N) is 1. The molecule has 0 amide bonds. The lowest BCUT2D eigenvalue weighted by atomic mass is 9.89. The van der Waals surface area contributed by atoms with Crippen molar-refractivity contribution in [3.8, 4) is 0 Å². The van der Waals surface area contributed by atoms with Crippen molar-refractivity contribution in [2.75, 3.05) is 13.2 Å². The van der Waals surface area contributed by atoms with Gasteiger partial charge >= 0.3 is 0 Å². The monoisotopic (exact) mass is 291 g/mol. The molecule has 0 saturated heterocycles. The Morgan fingerprint density at radius 2 is 2.10 bits per heavy atom. The number of hydrazone groups is 1. The van der Waals surface area contributed by atoms with Crippen LogP contribution >= 0.6 is 0 Å². The van der Waals surface area contributed by atoms with E-state index in [1.54, 1.807) is 0 Å². The van der Waals surface area contributed by atoms with E-state index in [0.717, 1.165) is 36.0 Å². The molecule has 4 N–H and O–H groups in total. The summed E-state index contributed by atoms with van der Waals surface area (Å²) in [6, 6.07) is 0. The molecule has 2 aliphatic rings. The molecule has 1 atom stereocenters. The standard InChI is InChI=1S/C17H29N3O/c1-13-7-8-15(16(20-19)9-10-18)11-17(13)21-12-14-5-3-2-4-6-14/h8,11,13-14H,2-7,9-10,12,18-19H2,1H3/b20-16-. The van der Waals surface area contributed by atoms with Crippen LogP contribution in [-0.2, 0) is 4.74 Å². The zero-order valence-electron chi connectivity index (χ0n) is 13.2. The van der Waals surface area contributed by atoms with Gasteiger partial charge in [-0.25, -0.2) is 0 Å². The van der Waals surface area contributed by atoms with Gasteiger partial charge in [0.2, 0.25) is 0 Å². The van der Waals surface area contributed by atoms with Crippen LogP contribution in [0.3, 0.4) is 0 Å². The van der Waals surface area contributed by atoms with Crippen LogP contribution in [0.2, 0.25) is 0 Å². The van der Waals surface area contributed by atoms with Crippen LogP contribution in [0.25, 0.3) is 0 Å². The molecule has 1 unspecified atom stereocenters. The van der Waals surface area contributed by atoms with Crippen LogP contribution in [0.15, 0.2) is 28.6 Å². The Morgan fingerprint density at radius 3 is 2.76 bits per heavy atom. The third kappa shape index (κ3) is 4.60. The summed E-state index contributed by atoms with van der Waals surface area (Å²) < 4.78 is 6.13. The lowest BCUT2D eigenvalue weighted by Crippen LogP contribution is -2.18. The summed E-state index contributed by atoms with van der Waals surface area (Å²) in [5.41, 5.74) is 7.58. The van der Waals surface area contributed by atoms with Crippen molar-refractivity contribution in [1.29, 1.82) is 0 Å². The zero-order chi connectivity index (χ0) is 15.1. The Bertz CT molecular complexity index is 420. The van der Waals surface area contributed by atoms with Gasteiger partial charge in [0.1, 0.15) is 0 Å². The molecule has 4 heteroatoms. The number of hydrogen-bond acceptors (Lipinski definition) is 4. The Kier molecular flexibility index (Phi) is 6.30. The Labute approximate surface area is 128 Å². The Balaban J connectivity index is 1.96. The number of ether oxygens (including phenoxy) is 1. The summed E-state index contributed by atoms with van der Waals surface area (Å²) in [6.07, 6.45) is 12.7. The molecule has 118 valence electrons. The van der Waals surface area contributed by atoms with E-state index < -0.39 is 0 Å². The van der Waals surface area contributed by atoms with Crippen molar-refractivity contribution in [3.63, 3.8) is 0 Å². The van der Waals surface area contributed by atoms with E-state index >= 15 is 0 Å². The van der Waals surface area contributed by atoms with Gasteiger partial charge in [0.05, 0.1) is 18.1 Å². The highest BCUT2D eigenvalue weighted by atomic mass is 16.5. The minimum atomic E-state index is 0.439. The van der Waals surface area contributed by atoms with E-state index in [0.29, 0.717) is 18.9 Å². The van der Waals surface area contributed by atoms with Crippen LogP contribution < -0.4 is 11.6 Å². The summed E-state index contributed by atoms with van der Waals surface area (Å²) in [7, 11) is 0. The first-order valence-corrected chi connectivity index (χ1v) is 8.26. The molecule has 2 aliphatic carbocycles. The summed E-state index contributed by atoms with van der Waals surface area (Å²) in [6.45, 7) is 3.63. The highest BCUT2D eigenvalue weighted by Gasteiger charge is 2.20. The molecule has 0 aromatic carbocycles. The van der Waals surface area contributed by atoms with Gasteiger partial charge in [0.25, 0.3) is 0 Å². The molecule has 0 radical (unpaired) electrons. The van der Waals surface area contributed by atoms with Crippen LogP contribution in [0.1, 0.15) is 51.9 Å². The minimum Gasteiger partial charge on any atom is -0.497 e. The molecular weight excluding hydrogens is 262 g/mol. The predicted octanol–water partition coefficient (Wildman–Crippen LogP) is 3.10. The fraction of sp³-hybridized carbons (Fsp3) is 0.706. The first kappa shape index (κ1) is 16.1. The van der Waals surface area contributed by atoms with E-state index in [1.165, 1.54) is 32.1 Å². The van der Waals surface area contributed by atoms with E-state index in [1.807, 2.05) is 0 Å². The maximum absolute atomic E-state index is 6.13. The second-order valence-electron chi connectivity index (χ2n) is 6.27. The average molecular weight is 291 g/mol. The first-order chi connectivity index (χ1) is 10.2. The highest BCUT2D eigenvalue weighted by Crippen LogP contribution is 2.29. The predicted molar refractivity (Wildman–Crippen MR) is 87.8 cm³/mol. The van der Waals surface area contributed by atoms with Gasteiger partial charge in [-0.3, -0.25) is 0 Å². The van der Waals surface area contributed by atoms with Crippen molar-refractivity contribution in [1.82, 2.24) is 0 Å². The van der Waals surface area contributed by atoms with E-state index in [-0.39, 0.29) is 0 Å². The first-order valence-electron chi connectivity index (χ1n) is 8.26. The lowest BCUT2D eigenvalue weighted by molar-refractivity contribution is 0.122. The molecule has 0 aliphatic heterocycles. The van der Waals surface area contributed by atoms with E-state index in [4.69, 9.17) is 16.3 Å². The van der Waals surface area contributed by atoms with Crippen LogP contribution in [0.4, 0.5) is 0 Å². The largest absolute Gasteiger partial charge is 0.497 e. The molecule has 2 rings (SSSR count). The molecule has 4 nitrogen and oxygen atoms in total. The van der Waals surface area contributed by atoms with Gasteiger partial charge in [-0.15, -0.1) is 0 Å². The average Bonchev–Trinajstić information content (AvgIpc) is 2.53. The third-order valence-electron chi connectivity index (χ3n) is 4.56. The van der Waals surface area contributed by atoms with Gasteiger partial charge in [0, 0.05) is 12.3 Å². The molecule has 1 saturated carbocycles. The summed E-state index contributed by atoms with van der Waals surface area (Å²) >= 11 is 0. The van der Waals surface area contributed by atoms with Crippen molar-refractivity contribution in [2.45, 2.75) is 51.9 Å². The zero-order valence-corrected chi connectivity index (χ0v) is 13.2. The Hall–Kier alpha value is -1.29. The molecule has 1 fully saturated rings. The van der Waals surface area contributed by atoms with Gasteiger partial charge in [0.15, 0.2) is 0 Å². The fourth-order valence-corrected chi connectivity index (χ4v) is 3.15. The van der Waals surface area contributed by atoms with Crippen molar-refractivity contribution in [3.05, 3.63) is 23.5 Å². The minimum absolute atomic E-state index is 0.439. The van der Waals surface area contributed by atoms with Gasteiger partial charge in [-0.2, -0.15) is 5.10 Å². The molecule has 21 heavy (non-hydrogen) atoms. The van der Waals surface area contributed by atoms with Crippen LogP contribution in [0, 0.1) is 11.8 Å². The molecule has 0 aromatic rings. The number of hydrogen-bond donors (Lipinski definition) is 2. The molecule has 0 bridgehead atoms. The van der Waals surface area contributed by atoms with Crippen molar-refractivity contribution < 1.29 is 4.74 Å². The topological polar surface area (TPSA) is 73.6 Å². The smallest absolute Gasteiger partial charge is 0.0997 e. The van der Waals surface area contributed by atoms with Gasteiger partial charge < -0.3 is 16.3 Å². The summed E-state index contributed by atoms with van der Waals surface area (Å²) in [4.78, 5) is 0. The van der Waals surface area contributed by atoms with E-state index in [9.17, 15) is 0 Å². The van der Waals surface area contributed by atoms with Crippen molar-refractivity contribution >= 4 is 5.71 Å². The number of rotatable bonds is 6.